The molecule has 0 amide bonds. The fraction of sp³-hybridized carbons (Fsp3) is 0. The first-order chi connectivity index (χ1) is 38.9. The van der Waals surface area contributed by atoms with E-state index in [0.717, 1.165) is 11.0 Å². The van der Waals surface area contributed by atoms with E-state index in [-0.39, 0.29) is 0 Å². The molecular formula is C48H48N20O5S5. The summed E-state index contributed by atoms with van der Waals surface area (Å²) in [5.41, 5.74) is 7.79. The summed E-state index contributed by atoms with van der Waals surface area (Å²) >= 11 is 7.94. The summed E-state index contributed by atoms with van der Waals surface area (Å²) in [7, 11) is 0. The number of imidazole rings is 1. The number of nitrogens with one attached hydrogen (secondary N) is 4. The van der Waals surface area contributed by atoms with Crippen LogP contribution in [0.4, 0.5) is 0 Å². The van der Waals surface area contributed by atoms with E-state index in [1.165, 1.54) is 103 Å². The maximum atomic E-state index is 5.12. The van der Waals surface area contributed by atoms with Crippen LogP contribution in [-0.4, -0.2) is 100 Å². The van der Waals surface area contributed by atoms with Crippen LogP contribution in [0.3, 0.4) is 0 Å². The summed E-state index contributed by atoms with van der Waals surface area (Å²) in [6.45, 7) is 0. The number of fused-ring (bicyclic) bond motifs is 2. The Labute approximate surface area is 464 Å². The highest BCUT2D eigenvalue weighted by Crippen LogP contribution is 2.19. The van der Waals surface area contributed by atoms with Crippen molar-refractivity contribution in [2.45, 2.75) is 0 Å². The molecule has 78 heavy (non-hydrogen) atoms. The van der Waals surface area contributed by atoms with E-state index in [4.69, 9.17) is 4.42 Å². The molecule has 4 N–H and O–H groups in total. The number of aromatic nitrogens is 20. The average molecular weight is 1150 g/mol. The fourth-order valence-electron chi connectivity index (χ4n) is 3.93. The lowest BCUT2D eigenvalue weighted by molar-refractivity contribution is 0.416. The van der Waals surface area contributed by atoms with Crippen molar-refractivity contribution in [3.8, 4) is 0 Å². The summed E-state index contributed by atoms with van der Waals surface area (Å²) in [5, 5.41) is 45.7. The minimum atomic E-state index is 0.956. The summed E-state index contributed by atoms with van der Waals surface area (Å²) in [6, 6.07) is 30.0. The SMILES string of the molecule is c1c[nH]cn1.c1ccc2occc2c1.c1ccc2sccc2c1.c1ccoc1.c1ccsc1.c1cn[nH]c1.c1cocn1.c1cscn1.c1nc[nH]n1.c1nc[nH]n1.c1ncon1.c1ncsn1.c1nnco1.c1nncs1. The summed E-state index contributed by atoms with van der Waals surface area (Å²) in [5.74, 6) is 0. The van der Waals surface area contributed by atoms with E-state index in [0.29, 0.717) is 0 Å². The number of thiophene rings is 2. The summed E-state index contributed by atoms with van der Waals surface area (Å²) in [6.07, 6.45) is 32.3. The van der Waals surface area contributed by atoms with Gasteiger partial charge in [-0.15, -0.1) is 54.4 Å². The molecule has 0 aliphatic rings. The highest BCUT2D eigenvalue weighted by atomic mass is 32.1. The summed E-state index contributed by atoms with van der Waals surface area (Å²) in [4.78, 5) is 27.9. The zero-order valence-corrected chi connectivity index (χ0v) is 44.7. The van der Waals surface area contributed by atoms with Gasteiger partial charge in [-0.3, -0.25) is 20.3 Å². The third-order valence-corrected chi connectivity index (χ3v) is 9.79. The zero-order valence-electron chi connectivity index (χ0n) is 40.6. The van der Waals surface area contributed by atoms with Crippen LogP contribution in [0, 0.1) is 0 Å². The van der Waals surface area contributed by atoms with Crippen LogP contribution in [0.15, 0.2) is 289 Å². The maximum Gasteiger partial charge on any atom is 0.213 e. The first-order valence-corrected chi connectivity index (χ1v) is 26.1. The molecule has 30 heteroatoms. The number of benzene rings is 2. The monoisotopic (exact) mass is 1140 g/mol. The van der Waals surface area contributed by atoms with Gasteiger partial charge in [0.1, 0.15) is 60.0 Å². The molecule has 0 saturated heterocycles. The van der Waals surface area contributed by atoms with Crippen LogP contribution in [0.1, 0.15) is 0 Å². The second kappa shape index (κ2) is 50.4. The minimum absolute atomic E-state index is 0.956. The molecule has 0 saturated carbocycles. The third-order valence-electron chi connectivity index (χ3n) is 6.87. The number of hydrogen-bond donors (Lipinski definition) is 4. The molecule has 0 fully saturated rings. The van der Waals surface area contributed by atoms with Crippen LogP contribution in [-0.2, 0) is 0 Å². The Hall–Kier alpha value is -10.1. The normalized spacial score (nSPS) is 8.51. The van der Waals surface area contributed by atoms with E-state index in [9.17, 15) is 0 Å². The van der Waals surface area contributed by atoms with Crippen molar-refractivity contribution < 1.29 is 22.2 Å². The smallest absolute Gasteiger partial charge is 0.213 e. The number of H-pyrrole nitrogens is 4. The average Bonchev–Trinajstić information content (AvgIpc) is 4.34. The first kappa shape index (κ1) is 62.2. The molecule has 0 unspecified atom stereocenters. The number of furan rings is 2. The van der Waals surface area contributed by atoms with Gasteiger partial charge in [-0.1, -0.05) is 53.7 Å². The van der Waals surface area contributed by atoms with Gasteiger partial charge < -0.3 is 27.2 Å². The van der Waals surface area contributed by atoms with Gasteiger partial charge in [-0.05, 0) is 75.5 Å². The lowest BCUT2D eigenvalue weighted by Gasteiger charge is -1.82. The molecule has 25 nitrogen and oxygen atoms in total. The van der Waals surface area contributed by atoms with Crippen LogP contribution in [0.2, 0.25) is 0 Å². The molecule has 400 valence electrons. The molecule has 14 aromatic heterocycles. The van der Waals surface area contributed by atoms with Gasteiger partial charge in [0, 0.05) is 46.5 Å². The van der Waals surface area contributed by atoms with Crippen molar-refractivity contribution in [2.24, 2.45) is 0 Å². The predicted octanol–water partition coefficient (Wildman–Crippen LogP) is 11.8. The Balaban J connectivity index is 0.000000222. The fourth-order valence-corrected chi connectivity index (χ4v) is 6.07. The van der Waals surface area contributed by atoms with E-state index in [1.807, 2.05) is 76.8 Å². The summed E-state index contributed by atoms with van der Waals surface area (Å²) < 4.78 is 27.8. The van der Waals surface area contributed by atoms with Gasteiger partial charge in [-0.2, -0.15) is 31.0 Å². The molecule has 0 radical (unpaired) electrons. The highest BCUT2D eigenvalue weighted by molar-refractivity contribution is 7.17. The van der Waals surface area contributed by atoms with Gasteiger partial charge in [0.15, 0.2) is 12.7 Å². The second-order valence-corrected chi connectivity index (χ2v) is 15.8. The Kier molecular flexibility index (Phi) is 40.2. The lowest BCUT2D eigenvalue weighted by Crippen LogP contribution is -1.57. The van der Waals surface area contributed by atoms with Crippen LogP contribution >= 0.6 is 56.9 Å². The van der Waals surface area contributed by atoms with Gasteiger partial charge in [0.05, 0.1) is 36.8 Å². The number of hydrogen-bond acceptors (Lipinski definition) is 26. The van der Waals surface area contributed by atoms with Crippen LogP contribution < -0.4 is 0 Å². The second-order valence-electron chi connectivity index (χ2n) is 12.0. The number of oxazole rings is 1. The standard InChI is InChI=1S/C8H6O.C8H6S.C4H4O.C4H4S.2C3H4N2.C3H3NO.C3H3NS.2C2H3N3.2C2H2N2O.2C2H2N2S/c2*1-2-4-8-7(3-1)5-6-9-8;2*1-2-4-5-3-1;1-2-5-3-4-1;1-2-4-5-3-1;2*1-2-5-3-4-1;2*1-3-2-5-4-1;1-3-4-2-5-1;1-3-2-5-4-1;1-3-4-2-5-1;1-3-2-5-4-1/h2*1-6H;2*1-4H;2*1-3H,(H,4,5);2*1-3H;2*1-2H,(H,3,4,5);4*1-2H. The van der Waals surface area contributed by atoms with Gasteiger partial charge in [0.25, 0.3) is 0 Å². The number of nitrogens with zero attached hydrogens (tertiary/aromatic N) is 16. The predicted molar refractivity (Wildman–Crippen MR) is 298 cm³/mol. The van der Waals surface area contributed by atoms with Crippen LogP contribution in [0.5, 0.6) is 0 Å². The topological polar surface area (TPSA) is 335 Å². The molecule has 2 aromatic carbocycles. The molecule has 0 aliphatic heterocycles. The van der Waals surface area contributed by atoms with Gasteiger partial charge in [0.2, 0.25) is 19.2 Å². The first-order valence-electron chi connectivity index (χ1n) is 21.6. The molecular weight excluding hydrogens is 1100 g/mol. The largest absolute Gasteiger partial charge is 0.473 e. The Bertz CT molecular complexity index is 2360. The Morgan fingerprint density at radius 1 is 0.410 bits per heavy atom. The maximum absolute atomic E-state index is 5.12. The number of aromatic amines is 4. The minimum Gasteiger partial charge on any atom is -0.473 e. The number of para-hydroxylation sites is 1. The van der Waals surface area contributed by atoms with Crippen molar-refractivity contribution in [1.82, 2.24) is 100 Å². The Morgan fingerprint density at radius 3 is 1.53 bits per heavy atom. The van der Waals surface area contributed by atoms with E-state index in [2.05, 4.69) is 154 Å². The number of thiazole rings is 1. The van der Waals surface area contributed by atoms with Crippen molar-refractivity contribution >= 4 is 77.9 Å². The molecule has 0 bridgehead atoms. The van der Waals surface area contributed by atoms with E-state index < -0.39 is 0 Å². The van der Waals surface area contributed by atoms with E-state index in [1.54, 1.807) is 118 Å². The molecule has 16 aromatic rings. The lowest BCUT2D eigenvalue weighted by atomic mass is 10.3. The van der Waals surface area contributed by atoms with Gasteiger partial charge >= 0.3 is 0 Å². The molecule has 16 rings (SSSR count). The van der Waals surface area contributed by atoms with Crippen molar-refractivity contribution in [3.05, 3.63) is 267 Å². The molecule has 14 heterocycles. The number of rotatable bonds is 0. The molecule has 0 atom stereocenters. The van der Waals surface area contributed by atoms with Gasteiger partial charge in [-0.25, -0.2) is 29.9 Å². The highest BCUT2D eigenvalue weighted by Gasteiger charge is 1.90. The molecule has 0 spiro atoms. The van der Waals surface area contributed by atoms with Crippen LogP contribution in [0.25, 0.3) is 21.1 Å². The Morgan fingerprint density at radius 2 is 1.19 bits per heavy atom. The molecule has 0 aliphatic carbocycles. The van der Waals surface area contributed by atoms with Crippen molar-refractivity contribution in [3.63, 3.8) is 0 Å². The zero-order chi connectivity index (χ0) is 54.6. The third kappa shape index (κ3) is 39.4. The van der Waals surface area contributed by atoms with Crippen molar-refractivity contribution in [1.29, 1.82) is 0 Å². The quantitative estimate of drug-likeness (QED) is 0.110. The van der Waals surface area contributed by atoms with Crippen molar-refractivity contribution in [2.75, 3.05) is 0 Å². The van der Waals surface area contributed by atoms with E-state index >= 15 is 0 Å².